The van der Waals surface area contributed by atoms with Gasteiger partial charge in [0.2, 0.25) is 21.9 Å². The number of nitrogens with zero attached hydrogens (tertiary/aromatic N) is 6. The number of fused-ring (bicyclic) bond motifs is 6. The highest BCUT2D eigenvalue weighted by Gasteiger charge is 2.30. The number of sulfonamides is 2. The Kier molecular flexibility index (Phi) is 19.2. The van der Waals surface area contributed by atoms with Gasteiger partial charge in [-0.1, -0.05) is 122 Å². The summed E-state index contributed by atoms with van der Waals surface area (Å²) >= 11 is 0. The molecule has 2 unspecified atom stereocenters. The summed E-state index contributed by atoms with van der Waals surface area (Å²) in [6.45, 7) is 3.84. The highest BCUT2D eigenvalue weighted by atomic mass is 32.2. The molecule has 79 heavy (non-hydrogen) atoms. The second-order valence-corrected chi connectivity index (χ2v) is 25.0. The molecule has 14 nitrogen and oxygen atoms in total. The van der Waals surface area contributed by atoms with Crippen molar-refractivity contribution in [3.63, 3.8) is 0 Å². The Hall–Kier alpha value is -6.98. The molecule has 0 spiro atoms. The molecule has 0 amide bonds. The largest absolute Gasteiger partial charge is 0.354 e. The van der Waals surface area contributed by atoms with Crippen LogP contribution in [0.3, 0.4) is 0 Å². The van der Waals surface area contributed by atoms with Crippen LogP contribution in [0.5, 0.6) is 0 Å². The first kappa shape index (κ1) is 56.7. The standard InChI is InChI=1S/C32H35N5O2S.C31H41N5O2S/c1-37(2)20-9-8-19-33-32-34-23-26-22-30(28-12-6-7-13-29(28)31(26)35-32)25-14-16-27(17-15-25)36-40(38,39)21-18-24-10-4-3-5-11-24;1-36(2)19-9-8-18-32-31-33-21-25-20-29(27-12-6-7-13-28(27)30(25)34-31)24-14-16-26(17-15-24)35-39(37,38)22-23-10-4-3-5-11-23/h3-7,10-18,21,23,30,36H,8-9,19-20,22H2,1-2H3,(H,33,34,35);6-7,12-17,21,23,29,35H,3-5,8-11,18-20,22H2,1-2H3,(H,32,33,34)/b21-18+;. The van der Waals surface area contributed by atoms with Crippen LogP contribution in [0.2, 0.25) is 0 Å². The van der Waals surface area contributed by atoms with Crippen LogP contribution in [-0.4, -0.2) is 107 Å². The van der Waals surface area contributed by atoms with E-state index in [2.05, 4.69) is 123 Å². The van der Waals surface area contributed by atoms with Crippen LogP contribution in [0.4, 0.5) is 23.3 Å². The molecule has 4 N–H and O–H groups in total. The molecule has 414 valence electrons. The van der Waals surface area contributed by atoms with E-state index < -0.39 is 20.0 Å². The van der Waals surface area contributed by atoms with Gasteiger partial charge in [-0.3, -0.25) is 9.44 Å². The third-order valence-corrected chi connectivity index (χ3v) is 17.4. The third kappa shape index (κ3) is 15.9. The minimum absolute atomic E-state index is 0.126. The lowest BCUT2D eigenvalue weighted by molar-refractivity contribution is 0.385. The maximum Gasteiger partial charge on any atom is 0.255 e. The van der Waals surface area contributed by atoms with E-state index in [4.69, 9.17) is 9.97 Å². The topological polar surface area (TPSA) is 174 Å². The monoisotopic (exact) mass is 1100 g/mol. The van der Waals surface area contributed by atoms with Gasteiger partial charge in [0, 0.05) is 59.8 Å². The van der Waals surface area contributed by atoms with Gasteiger partial charge in [-0.15, -0.1) is 0 Å². The third-order valence-electron chi connectivity index (χ3n) is 15.0. The number of rotatable bonds is 22. The SMILES string of the molecule is CN(C)CCCCNc1ncc2c(n1)-c1ccccc1C(c1ccc(NS(=O)(=O)/C=C/c3ccccc3)cc1)C2.CN(C)CCCCNc1ncc2c(n1)-c1ccccc1C(c1ccc(NS(=O)(=O)CC3CCCCC3)cc1)C2. The maximum atomic E-state index is 12.8. The van der Waals surface area contributed by atoms with Crippen molar-refractivity contribution < 1.29 is 16.8 Å². The zero-order valence-electron chi connectivity index (χ0n) is 46.1. The average molecular weight is 1100 g/mol. The van der Waals surface area contributed by atoms with E-state index >= 15 is 0 Å². The van der Waals surface area contributed by atoms with Gasteiger partial charge in [-0.05, 0) is 168 Å². The Labute approximate surface area is 468 Å². The molecule has 2 atom stereocenters. The summed E-state index contributed by atoms with van der Waals surface area (Å²) in [6, 6.07) is 41.7. The average Bonchev–Trinajstić information content (AvgIpc) is 3.64. The normalized spacial score (nSPS) is 16.0. The van der Waals surface area contributed by atoms with Crippen molar-refractivity contribution in [1.82, 2.24) is 29.7 Å². The van der Waals surface area contributed by atoms with Gasteiger partial charge in [0.15, 0.2) is 0 Å². The van der Waals surface area contributed by atoms with Crippen LogP contribution in [-0.2, 0) is 32.9 Å². The van der Waals surface area contributed by atoms with Crippen molar-refractivity contribution in [1.29, 1.82) is 0 Å². The fourth-order valence-electron chi connectivity index (χ4n) is 10.9. The zero-order valence-corrected chi connectivity index (χ0v) is 47.7. The molecule has 3 aliphatic carbocycles. The molecule has 0 aliphatic heterocycles. The quantitative estimate of drug-likeness (QED) is 0.0474. The minimum atomic E-state index is -3.63. The van der Waals surface area contributed by atoms with Gasteiger partial charge in [-0.2, -0.15) is 0 Å². The zero-order chi connectivity index (χ0) is 55.2. The number of hydrogen-bond acceptors (Lipinski definition) is 12. The molecular weight excluding hydrogens is 1020 g/mol. The van der Waals surface area contributed by atoms with Crippen LogP contribution in [0.15, 0.2) is 145 Å². The first-order valence-corrected chi connectivity index (χ1v) is 31.1. The summed E-state index contributed by atoms with van der Waals surface area (Å²) in [5.41, 5.74) is 13.2. The van der Waals surface area contributed by atoms with Crippen molar-refractivity contribution in [2.45, 2.75) is 82.5 Å². The predicted molar refractivity (Wildman–Crippen MR) is 323 cm³/mol. The number of benzene rings is 5. The van der Waals surface area contributed by atoms with Crippen LogP contribution in [0, 0.1) is 5.92 Å². The molecule has 1 saturated carbocycles. The lowest BCUT2D eigenvalue weighted by Gasteiger charge is -2.28. The minimum Gasteiger partial charge on any atom is -0.354 e. The Morgan fingerprint density at radius 2 is 1.01 bits per heavy atom. The van der Waals surface area contributed by atoms with E-state index in [0.717, 1.165) is 141 Å². The number of unbranched alkanes of at least 4 members (excludes halogenated alkanes) is 2. The number of anilines is 4. The molecule has 2 heterocycles. The maximum absolute atomic E-state index is 12.8. The molecule has 0 radical (unpaired) electrons. The van der Waals surface area contributed by atoms with Crippen molar-refractivity contribution in [2.24, 2.45) is 5.92 Å². The Bertz CT molecular complexity index is 3370. The summed E-state index contributed by atoms with van der Waals surface area (Å²) in [4.78, 5) is 23.4. The molecule has 5 aromatic carbocycles. The van der Waals surface area contributed by atoms with E-state index in [9.17, 15) is 16.8 Å². The van der Waals surface area contributed by atoms with E-state index in [1.807, 2.05) is 85.2 Å². The predicted octanol–water partition coefficient (Wildman–Crippen LogP) is 11.9. The Balaban J connectivity index is 0.000000192. The molecule has 2 aromatic heterocycles. The molecule has 1 fully saturated rings. The second-order valence-electron chi connectivity index (χ2n) is 21.7. The van der Waals surface area contributed by atoms with Crippen LogP contribution >= 0.6 is 0 Å². The van der Waals surface area contributed by atoms with Crippen molar-refractivity contribution in [3.05, 3.63) is 184 Å². The first-order valence-electron chi connectivity index (χ1n) is 27.9. The Morgan fingerprint density at radius 1 is 0.544 bits per heavy atom. The van der Waals surface area contributed by atoms with Crippen molar-refractivity contribution >= 4 is 49.4 Å². The molecule has 3 aliphatic rings. The highest BCUT2D eigenvalue weighted by molar-refractivity contribution is 7.95. The molecular formula is C63H76N10O4S2. The van der Waals surface area contributed by atoms with Crippen LogP contribution in [0.1, 0.15) is 109 Å². The number of hydrogen-bond donors (Lipinski definition) is 4. The fraction of sp³-hybridized carbons (Fsp3) is 0.365. The lowest BCUT2D eigenvalue weighted by atomic mass is 9.78. The first-order chi connectivity index (χ1) is 38.3. The van der Waals surface area contributed by atoms with Gasteiger partial charge in [0.25, 0.3) is 10.0 Å². The van der Waals surface area contributed by atoms with E-state index in [0.29, 0.717) is 23.3 Å². The second kappa shape index (κ2) is 26.8. The molecule has 0 saturated heterocycles. The molecule has 7 aromatic rings. The van der Waals surface area contributed by atoms with Gasteiger partial charge < -0.3 is 20.4 Å². The van der Waals surface area contributed by atoms with Crippen molar-refractivity contribution in [3.8, 4) is 22.5 Å². The highest BCUT2D eigenvalue weighted by Crippen LogP contribution is 2.44. The van der Waals surface area contributed by atoms with Crippen molar-refractivity contribution in [2.75, 3.05) is 80.2 Å². The lowest BCUT2D eigenvalue weighted by Crippen LogP contribution is -2.24. The summed E-state index contributed by atoms with van der Waals surface area (Å²) in [7, 11) is 1.39. The summed E-state index contributed by atoms with van der Waals surface area (Å²) < 4.78 is 56.2. The van der Waals surface area contributed by atoms with E-state index in [1.165, 1.54) is 23.0 Å². The molecule has 0 bridgehead atoms. The Morgan fingerprint density at radius 3 is 1.51 bits per heavy atom. The van der Waals surface area contributed by atoms with E-state index in [1.54, 1.807) is 6.08 Å². The smallest absolute Gasteiger partial charge is 0.255 e. The summed E-state index contributed by atoms with van der Waals surface area (Å²) in [6.07, 6.45) is 17.0. The number of nitrogens with one attached hydrogen (secondary N) is 4. The fourth-order valence-corrected chi connectivity index (χ4v) is 13.3. The van der Waals surface area contributed by atoms with Gasteiger partial charge in [0.05, 0.1) is 22.5 Å². The summed E-state index contributed by atoms with van der Waals surface area (Å²) in [5.74, 6) is 2.12. The van der Waals surface area contributed by atoms with E-state index in [-0.39, 0.29) is 23.5 Å². The van der Waals surface area contributed by atoms with Gasteiger partial charge >= 0.3 is 0 Å². The molecule has 16 heteroatoms. The van der Waals surface area contributed by atoms with Gasteiger partial charge in [0.1, 0.15) is 0 Å². The van der Waals surface area contributed by atoms with Crippen LogP contribution in [0.25, 0.3) is 28.6 Å². The molecule has 10 rings (SSSR count). The number of aromatic nitrogens is 4. The van der Waals surface area contributed by atoms with Gasteiger partial charge in [-0.25, -0.2) is 36.8 Å². The summed E-state index contributed by atoms with van der Waals surface area (Å²) in [5, 5.41) is 7.97. The van der Waals surface area contributed by atoms with Crippen LogP contribution < -0.4 is 20.1 Å².